The molecule has 364 valence electrons. The highest BCUT2D eigenvalue weighted by Crippen LogP contribution is 2.17. The van der Waals surface area contributed by atoms with E-state index in [4.69, 9.17) is 4.74 Å². The molecule has 0 aliphatic heterocycles. The fraction of sp³-hybridized carbons (Fsp3) is 0.857. The molecule has 6 nitrogen and oxygen atoms in total. The third-order valence-corrected chi connectivity index (χ3v) is 12.4. The Bertz CT molecular complexity index is 1010. The van der Waals surface area contributed by atoms with Crippen molar-refractivity contribution in [3.8, 4) is 0 Å². The van der Waals surface area contributed by atoms with Crippen molar-refractivity contribution >= 4 is 11.9 Å². The normalized spacial score (nSPS) is 12.9. The van der Waals surface area contributed by atoms with E-state index in [1.165, 1.54) is 167 Å². The minimum Gasteiger partial charge on any atom is -0.466 e. The van der Waals surface area contributed by atoms with Crippen LogP contribution in [0.4, 0.5) is 0 Å². The monoisotopic (exact) mass is 872 g/mol. The molecule has 0 heterocycles. The molecule has 0 spiro atoms. The van der Waals surface area contributed by atoms with E-state index >= 15 is 0 Å². The first-order valence-corrected chi connectivity index (χ1v) is 27.2. The number of rotatable bonds is 50. The summed E-state index contributed by atoms with van der Waals surface area (Å²) in [6, 6.07) is -0.581. The first kappa shape index (κ1) is 60.1. The van der Waals surface area contributed by atoms with Gasteiger partial charge in [-0.25, -0.2) is 0 Å². The van der Waals surface area contributed by atoms with Crippen molar-refractivity contribution in [3.63, 3.8) is 0 Å². The molecule has 3 N–H and O–H groups in total. The molecule has 0 saturated heterocycles. The second kappa shape index (κ2) is 51.7. The summed E-state index contributed by atoms with van der Waals surface area (Å²) in [5.41, 5.74) is 0. The van der Waals surface area contributed by atoms with Gasteiger partial charge < -0.3 is 20.3 Å². The highest BCUT2D eigenvalue weighted by Gasteiger charge is 2.20. The van der Waals surface area contributed by atoms with Crippen LogP contribution in [0.25, 0.3) is 0 Å². The van der Waals surface area contributed by atoms with E-state index in [2.05, 4.69) is 55.6 Å². The zero-order chi connectivity index (χ0) is 45.1. The Balaban J connectivity index is 3.54. The van der Waals surface area contributed by atoms with Gasteiger partial charge in [-0.05, 0) is 70.6 Å². The number of esters is 1. The molecule has 0 fully saturated rings. The minimum absolute atomic E-state index is 0.0500. The van der Waals surface area contributed by atoms with Crippen molar-refractivity contribution in [3.05, 3.63) is 36.5 Å². The number of nitrogens with one attached hydrogen (secondary N) is 1. The van der Waals surface area contributed by atoms with Gasteiger partial charge in [-0.15, -0.1) is 0 Å². The van der Waals surface area contributed by atoms with Crippen LogP contribution in [0, 0.1) is 0 Å². The maximum atomic E-state index is 12.5. The van der Waals surface area contributed by atoms with Gasteiger partial charge in [0.2, 0.25) is 5.91 Å². The van der Waals surface area contributed by atoms with Crippen molar-refractivity contribution in [1.29, 1.82) is 0 Å². The molecule has 0 saturated carbocycles. The molecule has 0 radical (unpaired) electrons. The molecule has 6 heteroatoms. The van der Waals surface area contributed by atoms with E-state index in [1.807, 2.05) is 0 Å². The lowest BCUT2D eigenvalue weighted by atomic mass is 10.0. The fourth-order valence-electron chi connectivity index (χ4n) is 8.19. The summed E-state index contributed by atoms with van der Waals surface area (Å²) in [6.45, 7) is 4.82. The van der Waals surface area contributed by atoms with Gasteiger partial charge in [0.15, 0.2) is 0 Å². The average Bonchev–Trinajstić information content (AvgIpc) is 3.27. The van der Waals surface area contributed by atoms with Crippen LogP contribution in [0.15, 0.2) is 36.5 Å². The zero-order valence-electron chi connectivity index (χ0n) is 41.4. The SMILES string of the molecule is CCCC/C=C\C/C=C\CCCCCCCC(=O)OCCCCCC/C=C\CCCC(=O)NC(CO)C(O)CCCCCCCCCCCCCCCCCCCCCCCC. The van der Waals surface area contributed by atoms with E-state index in [0.717, 1.165) is 83.5 Å². The molecule has 0 aliphatic carbocycles. The Labute approximate surface area is 385 Å². The highest BCUT2D eigenvalue weighted by atomic mass is 16.5. The lowest BCUT2D eigenvalue weighted by molar-refractivity contribution is -0.143. The van der Waals surface area contributed by atoms with Gasteiger partial charge in [-0.1, -0.05) is 237 Å². The van der Waals surface area contributed by atoms with Gasteiger partial charge in [0, 0.05) is 12.8 Å². The largest absolute Gasteiger partial charge is 0.466 e. The van der Waals surface area contributed by atoms with Crippen LogP contribution < -0.4 is 5.32 Å². The number of aliphatic hydroxyl groups is 2. The third-order valence-electron chi connectivity index (χ3n) is 12.4. The number of unbranched alkanes of at least 4 members (excludes halogenated alkanes) is 33. The van der Waals surface area contributed by atoms with E-state index in [0.29, 0.717) is 25.9 Å². The second-order valence-corrected chi connectivity index (χ2v) is 18.6. The van der Waals surface area contributed by atoms with Gasteiger partial charge in [-0.3, -0.25) is 9.59 Å². The molecule has 0 aromatic rings. The zero-order valence-corrected chi connectivity index (χ0v) is 41.4. The van der Waals surface area contributed by atoms with Crippen LogP contribution in [0.1, 0.15) is 284 Å². The number of allylic oxidation sites excluding steroid dienone is 6. The predicted octanol–water partition coefficient (Wildman–Crippen LogP) is 16.5. The first-order chi connectivity index (χ1) is 30.5. The maximum Gasteiger partial charge on any atom is 0.305 e. The molecular formula is C56H105NO5. The molecule has 1 amide bonds. The van der Waals surface area contributed by atoms with E-state index in [9.17, 15) is 19.8 Å². The quantitative estimate of drug-likeness (QED) is 0.0321. The second-order valence-electron chi connectivity index (χ2n) is 18.6. The lowest BCUT2D eigenvalue weighted by Crippen LogP contribution is -2.45. The summed E-state index contributed by atoms with van der Waals surface area (Å²) in [5.74, 6) is -0.145. The number of carbonyl (C=O) groups is 2. The minimum atomic E-state index is -0.697. The van der Waals surface area contributed by atoms with E-state index < -0.39 is 12.1 Å². The number of hydrogen-bond acceptors (Lipinski definition) is 5. The summed E-state index contributed by atoms with van der Waals surface area (Å²) in [6.07, 6.45) is 62.7. The van der Waals surface area contributed by atoms with Gasteiger partial charge in [0.05, 0.1) is 25.4 Å². The standard InChI is InChI=1S/C56H105NO5/c1-3-5-7-9-11-13-15-17-19-20-21-22-23-24-25-26-27-29-32-36-40-44-48-54(59)53(52-58)57-55(60)49-45-41-37-33-31-35-39-43-47-51-62-56(61)50-46-42-38-34-30-28-18-16-14-12-10-8-6-4-2/h10,12,16,18,33,37,53-54,58-59H,3-9,11,13-15,17,19-32,34-36,38-52H2,1-2H3,(H,57,60)/b12-10-,18-16-,37-33-. The molecule has 0 aromatic heterocycles. The summed E-state index contributed by atoms with van der Waals surface area (Å²) >= 11 is 0. The molecule has 0 aliphatic rings. The first-order valence-electron chi connectivity index (χ1n) is 27.2. The average molecular weight is 872 g/mol. The van der Waals surface area contributed by atoms with Gasteiger partial charge in [0.1, 0.15) is 0 Å². The van der Waals surface area contributed by atoms with Crippen molar-refractivity contribution in [2.45, 2.75) is 296 Å². The Kier molecular flexibility index (Phi) is 50.1. The number of amides is 1. The number of ether oxygens (including phenoxy) is 1. The van der Waals surface area contributed by atoms with Crippen molar-refractivity contribution in [1.82, 2.24) is 5.32 Å². The number of aliphatic hydroxyl groups excluding tert-OH is 2. The van der Waals surface area contributed by atoms with Crippen molar-refractivity contribution in [2.24, 2.45) is 0 Å². The molecule has 62 heavy (non-hydrogen) atoms. The Hall–Kier alpha value is -1.92. The van der Waals surface area contributed by atoms with Crippen molar-refractivity contribution < 1.29 is 24.5 Å². The molecular weight excluding hydrogens is 767 g/mol. The summed E-state index contributed by atoms with van der Waals surface area (Å²) in [4.78, 5) is 24.5. The Morgan fingerprint density at radius 1 is 0.452 bits per heavy atom. The molecule has 0 aromatic carbocycles. The number of carbonyl (C=O) groups excluding carboxylic acids is 2. The maximum absolute atomic E-state index is 12.5. The van der Waals surface area contributed by atoms with Gasteiger partial charge in [-0.2, -0.15) is 0 Å². The molecule has 2 atom stereocenters. The summed E-state index contributed by atoms with van der Waals surface area (Å²) in [5, 5.41) is 23.3. The molecule has 2 unspecified atom stereocenters. The Morgan fingerprint density at radius 2 is 0.839 bits per heavy atom. The van der Waals surface area contributed by atoms with E-state index in [1.54, 1.807) is 0 Å². The Morgan fingerprint density at radius 3 is 1.32 bits per heavy atom. The smallest absolute Gasteiger partial charge is 0.305 e. The topological polar surface area (TPSA) is 95.9 Å². The number of hydrogen-bond donors (Lipinski definition) is 3. The summed E-state index contributed by atoms with van der Waals surface area (Å²) in [7, 11) is 0. The van der Waals surface area contributed by atoms with Crippen LogP contribution >= 0.6 is 0 Å². The van der Waals surface area contributed by atoms with Crippen LogP contribution in [-0.2, 0) is 14.3 Å². The van der Waals surface area contributed by atoms with Crippen LogP contribution in [0.3, 0.4) is 0 Å². The molecule has 0 rings (SSSR count). The molecule has 0 bridgehead atoms. The van der Waals surface area contributed by atoms with Gasteiger partial charge >= 0.3 is 5.97 Å². The van der Waals surface area contributed by atoms with Crippen molar-refractivity contribution in [2.75, 3.05) is 13.2 Å². The lowest BCUT2D eigenvalue weighted by Gasteiger charge is -2.22. The summed E-state index contributed by atoms with van der Waals surface area (Å²) < 4.78 is 5.43. The van der Waals surface area contributed by atoms with Crippen LogP contribution in [0.2, 0.25) is 0 Å². The fourth-order valence-corrected chi connectivity index (χ4v) is 8.19. The predicted molar refractivity (Wildman–Crippen MR) is 269 cm³/mol. The van der Waals surface area contributed by atoms with Crippen LogP contribution in [0.5, 0.6) is 0 Å². The highest BCUT2D eigenvalue weighted by molar-refractivity contribution is 5.76. The van der Waals surface area contributed by atoms with E-state index in [-0.39, 0.29) is 18.5 Å². The third kappa shape index (κ3) is 47.6. The van der Waals surface area contributed by atoms with Crippen LogP contribution in [-0.4, -0.2) is 47.4 Å². The van der Waals surface area contributed by atoms with Gasteiger partial charge in [0.25, 0.3) is 0 Å².